The molecule has 0 fully saturated rings. The highest BCUT2D eigenvalue weighted by molar-refractivity contribution is 7.84. The Hall–Kier alpha value is -2.65. The molecule has 2 N–H and O–H groups in total. The molecule has 4 rings (SSSR count). The fourth-order valence-electron chi connectivity index (χ4n) is 4.63. The van der Waals surface area contributed by atoms with Crippen molar-refractivity contribution in [1.82, 2.24) is 0 Å². The van der Waals surface area contributed by atoms with Crippen LogP contribution in [0.1, 0.15) is 54.9 Å². The van der Waals surface area contributed by atoms with Crippen LogP contribution in [0.2, 0.25) is 0 Å². The van der Waals surface area contributed by atoms with Crippen LogP contribution >= 0.6 is 12.6 Å². The van der Waals surface area contributed by atoms with Gasteiger partial charge in [0, 0.05) is 46.9 Å². The maximum Gasteiger partial charge on any atom is 0.0494 e. The number of thiol groups is 1. The van der Waals surface area contributed by atoms with Crippen LogP contribution in [0, 0.1) is 6.92 Å². The van der Waals surface area contributed by atoms with Gasteiger partial charge in [0.25, 0.3) is 0 Å². The molecule has 160 valence electrons. The normalized spacial score (nSPS) is 14.5. The summed E-state index contributed by atoms with van der Waals surface area (Å²) in [6.07, 6.45) is 7.62. The predicted molar refractivity (Wildman–Crippen MR) is 139 cm³/mol. The Bertz CT molecular complexity index is 1190. The summed E-state index contributed by atoms with van der Waals surface area (Å²) in [7, 11) is 2.17. The van der Waals surface area contributed by atoms with Crippen LogP contribution in [0.5, 0.6) is 0 Å². The number of benzene rings is 3. The fourth-order valence-corrected chi connectivity index (χ4v) is 4.91. The van der Waals surface area contributed by atoms with Crippen molar-refractivity contribution in [2.24, 2.45) is 5.73 Å². The van der Waals surface area contributed by atoms with Crippen molar-refractivity contribution in [3.8, 4) is 0 Å². The molecule has 0 heterocycles. The second kappa shape index (κ2) is 8.84. The van der Waals surface area contributed by atoms with Crippen molar-refractivity contribution in [3.63, 3.8) is 0 Å². The van der Waals surface area contributed by atoms with Crippen molar-refractivity contribution < 1.29 is 0 Å². The van der Waals surface area contributed by atoms with Gasteiger partial charge in [-0.1, -0.05) is 61.9 Å². The Morgan fingerprint density at radius 2 is 1.90 bits per heavy atom. The Labute approximate surface area is 191 Å². The summed E-state index contributed by atoms with van der Waals surface area (Å²) in [5.74, 6) is 0.416. The lowest BCUT2D eigenvalue weighted by Crippen LogP contribution is -2.13. The topological polar surface area (TPSA) is 29.3 Å². The lowest BCUT2D eigenvalue weighted by Gasteiger charge is -2.26. The molecule has 3 aromatic rings. The first-order chi connectivity index (χ1) is 14.9. The van der Waals surface area contributed by atoms with Crippen molar-refractivity contribution in [2.45, 2.75) is 46.0 Å². The molecule has 1 aliphatic carbocycles. The number of aryl methyl sites for hydroxylation is 1. The zero-order chi connectivity index (χ0) is 22.1. The van der Waals surface area contributed by atoms with Gasteiger partial charge in [0.1, 0.15) is 0 Å². The molecule has 31 heavy (non-hydrogen) atoms. The monoisotopic (exact) mass is 428 g/mol. The second-order valence-corrected chi connectivity index (χ2v) is 9.05. The summed E-state index contributed by atoms with van der Waals surface area (Å²) < 4.78 is 0. The minimum absolute atomic E-state index is 0.416. The quantitative estimate of drug-likeness (QED) is 0.314. The van der Waals surface area contributed by atoms with E-state index in [1.807, 2.05) is 0 Å². The van der Waals surface area contributed by atoms with E-state index in [0.717, 1.165) is 35.4 Å². The van der Waals surface area contributed by atoms with Crippen LogP contribution in [0.15, 0.2) is 65.6 Å². The fraction of sp³-hybridized carbons (Fsp3) is 0.286. The van der Waals surface area contributed by atoms with Gasteiger partial charge in [0.2, 0.25) is 0 Å². The first-order valence-electron chi connectivity index (χ1n) is 11.2. The van der Waals surface area contributed by atoms with Gasteiger partial charge in [0.15, 0.2) is 0 Å². The molecule has 3 heteroatoms. The summed E-state index contributed by atoms with van der Waals surface area (Å²) in [5.41, 5.74) is 14.7. The van der Waals surface area contributed by atoms with Crippen LogP contribution < -0.4 is 10.6 Å². The van der Waals surface area contributed by atoms with E-state index in [9.17, 15) is 0 Å². The number of hydrogen-bond donors (Lipinski definition) is 2. The van der Waals surface area contributed by atoms with E-state index in [2.05, 4.69) is 106 Å². The number of nitrogens with two attached hydrogens (primary N) is 1. The SMILES string of the molecule is CC/C=C\C(CC)c1cc(C)ccc1N(C)c1ccc2c3c(ccc2c1)CC(S)=C3N. The highest BCUT2D eigenvalue weighted by Crippen LogP contribution is 2.39. The average molecular weight is 429 g/mol. The molecule has 1 aliphatic rings. The van der Waals surface area contributed by atoms with E-state index in [1.54, 1.807) is 0 Å². The summed E-state index contributed by atoms with van der Waals surface area (Å²) in [4.78, 5) is 3.28. The number of rotatable bonds is 6. The van der Waals surface area contributed by atoms with Crippen molar-refractivity contribution in [1.29, 1.82) is 0 Å². The molecule has 1 atom stereocenters. The lowest BCUT2D eigenvalue weighted by atomic mass is 9.92. The number of fused-ring (bicyclic) bond motifs is 3. The first kappa shape index (κ1) is 21.6. The molecule has 0 saturated heterocycles. The molecule has 1 unspecified atom stereocenters. The molecule has 0 saturated carbocycles. The maximum absolute atomic E-state index is 6.35. The van der Waals surface area contributed by atoms with Crippen LogP contribution in [-0.4, -0.2) is 7.05 Å². The minimum atomic E-state index is 0.416. The molecular weight excluding hydrogens is 396 g/mol. The Kier molecular flexibility index (Phi) is 6.15. The molecule has 3 aromatic carbocycles. The Balaban J connectivity index is 1.78. The van der Waals surface area contributed by atoms with Gasteiger partial charge in [-0.3, -0.25) is 0 Å². The maximum atomic E-state index is 6.35. The van der Waals surface area contributed by atoms with Gasteiger partial charge < -0.3 is 10.6 Å². The highest BCUT2D eigenvalue weighted by atomic mass is 32.1. The van der Waals surface area contributed by atoms with E-state index in [-0.39, 0.29) is 0 Å². The molecule has 0 spiro atoms. The van der Waals surface area contributed by atoms with Gasteiger partial charge in [-0.05, 0) is 59.9 Å². The lowest BCUT2D eigenvalue weighted by molar-refractivity contribution is 0.798. The van der Waals surface area contributed by atoms with Gasteiger partial charge in [-0.2, -0.15) is 0 Å². The number of nitrogens with zero attached hydrogens (tertiary/aromatic N) is 1. The predicted octanol–water partition coefficient (Wildman–Crippen LogP) is 7.49. The molecule has 2 nitrogen and oxygen atoms in total. The number of allylic oxidation sites excluding steroid dienone is 3. The van der Waals surface area contributed by atoms with Gasteiger partial charge in [-0.25, -0.2) is 0 Å². The summed E-state index contributed by atoms with van der Waals surface area (Å²) in [6.45, 7) is 6.63. The summed E-state index contributed by atoms with van der Waals surface area (Å²) >= 11 is 4.57. The van der Waals surface area contributed by atoms with E-state index in [4.69, 9.17) is 5.73 Å². The third kappa shape index (κ3) is 3.99. The zero-order valence-electron chi connectivity index (χ0n) is 18.9. The molecular formula is C28H32N2S. The Morgan fingerprint density at radius 1 is 1.10 bits per heavy atom. The zero-order valence-corrected chi connectivity index (χ0v) is 19.8. The molecule has 0 amide bonds. The third-order valence-corrected chi connectivity index (χ3v) is 6.80. The van der Waals surface area contributed by atoms with Crippen LogP contribution in [0.25, 0.3) is 16.5 Å². The molecule has 0 aliphatic heterocycles. The van der Waals surface area contributed by atoms with Gasteiger partial charge >= 0.3 is 0 Å². The number of hydrogen-bond acceptors (Lipinski definition) is 3. The van der Waals surface area contributed by atoms with Gasteiger partial charge in [0.05, 0.1) is 0 Å². The van der Waals surface area contributed by atoms with Gasteiger partial charge in [-0.15, -0.1) is 12.6 Å². The molecule has 0 aromatic heterocycles. The summed E-state index contributed by atoms with van der Waals surface area (Å²) in [6, 6.07) is 17.9. The smallest absolute Gasteiger partial charge is 0.0494 e. The van der Waals surface area contributed by atoms with E-state index >= 15 is 0 Å². The third-order valence-electron chi connectivity index (χ3n) is 6.40. The van der Waals surface area contributed by atoms with E-state index < -0.39 is 0 Å². The van der Waals surface area contributed by atoms with Crippen molar-refractivity contribution in [2.75, 3.05) is 11.9 Å². The number of anilines is 2. The molecule has 0 radical (unpaired) electrons. The van der Waals surface area contributed by atoms with Crippen molar-refractivity contribution in [3.05, 3.63) is 87.8 Å². The first-order valence-corrected chi connectivity index (χ1v) is 11.6. The average Bonchev–Trinajstić information content (AvgIpc) is 3.07. The minimum Gasteiger partial charge on any atom is -0.398 e. The van der Waals surface area contributed by atoms with E-state index in [1.165, 1.54) is 38.8 Å². The van der Waals surface area contributed by atoms with Crippen LogP contribution in [0.4, 0.5) is 11.4 Å². The van der Waals surface area contributed by atoms with Crippen molar-refractivity contribution >= 4 is 40.5 Å². The largest absolute Gasteiger partial charge is 0.398 e. The van der Waals surface area contributed by atoms with E-state index in [0.29, 0.717) is 5.92 Å². The molecule has 0 bridgehead atoms. The second-order valence-electron chi connectivity index (χ2n) is 8.51. The highest BCUT2D eigenvalue weighted by Gasteiger charge is 2.21. The Morgan fingerprint density at radius 3 is 2.65 bits per heavy atom. The summed E-state index contributed by atoms with van der Waals surface area (Å²) in [5, 5.41) is 2.42. The van der Waals surface area contributed by atoms with Crippen LogP contribution in [0.3, 0.4) is 0 Å². The van der Waals surface area contributed by atoms with Crippen LogP contribution in [-0.2, 0) is 6.42 Å². The standard InChI is InChI=1S/C28H32N2S/c1-5-7-8-19(6-2)24-15-18(3)9-14-25(24)30(4)22-12-13-23-20(16-22)10-11-21-17-26(31)28(29)27(21)23/h7-16,19,31H,5-6,17,29H2,1-4H3/b8-7-.